The molecule has 0 bridgehead atoms. The Morgan fingerprint density at radius 3 is 2.83 bits per heavy atom. The summed E-state index contributed by atoms with van der Waals surface area (Å²) in [5, 5.41) is 0.755. The number of hydrogen-bond donors (Lipinski definition) is 1. The largest absolute Gasteiger partial charge is 0.326 e. The summed E-state index contributed by atoms with van der Waals surface area (Å²) in [7, 11) is 2.06. The number of fused-ring (bicyclic) bond motifs is 1. The van der Waals surface area contributed by atoms with Gasteiger partial charge >= 0.3 is 0 Å². The Labute approximate surface area is 111 Å². The zero-order chi connectivity index (χ0) is 13.1. The van der Waals surface area contributed by atoms with Gasteiger partial charge in [-0.2, -0.15) is 0 Å². The van der Waals surface area contributed by atoms with E-state index < -0.39 is 0 Å². The van der Waals surface area contributed by atoms with E-state index in [2.05, 4.69) is 18.9 Å². The van der Waals surface area contributed by atoms with Crippen LogP contribution in [-0.4, -0.2) is 18.5 Å². The molecule has 2 rings (SSSR count). The Bertz CT molecular complexity index is 536. The Balaban J connectivity index is 2.46. The molecule has 0 fully saturated rings. The van der Waals surface area contributed by atoms with E-state index in [1.54, 1.807) is 17.4 Å². The molecule has 0 aliphatic rings. The Morgan fingerprint density at radius 1 is 1.39 bits per heavy atom. The molecule has 18 heavy (non-hydrogen) atoms. The molecule has 0 unspecified atom stereocenters. The molecule has 1 aromatic heterocycles. The van der Waals surface area contributed by atoms with Crippen molar-refractivity contribution in [2.75, 3.05) is 13.6 Å². The maximum Gasteiger partial charge on any atom is 0.132 e. The van der Waals surface area contributed by atoms with Crippen molar-refractivity contribution in [2.45, 2.75) is 26.4 Å². The maximum absolute atomic E-state index is 14.0. The van der Waals surface area contributed by atoms with Crippen LogP contribution >= 0.6 is 11.3 Å². The van der Waals surface area contributed by atoms with Crippen molar-refractivity contribution in [2.24, 2.45) is 5.73 Å². The second-order valence-electron chi connectivity index (χ2n) is 4.56. The average Bonchev–Trinajstić information content (AvgIpc) is 2.69. The molecule has 2 N–H and O–H groups in total. The minimum Gasteiger partial charge on any atom is -0.326 e. The molecule has 0 amide bonds. The van der Waals surface area contributed by atoms with E-state index in [-0.39, 0.29) is 5.82 Å². The smallest absolute Gasteiger partial charge is 0.132 e. The zero-order valence-corrected chi connectivity index (χ0v) is 11.7. The Hall–Kier alpha value is -0.970. The van der Waals surface area contributed by atoms with Crippen LogP contribution in [0.1, 0.15) is 23.8 Å². The summed E-state index contributed by atoms with van der Waals surface area (Å²) >= 11 is 1.61. The minimum atomic E-state index is -0.136. The molecular formula is C14H19FN2S. The van der Waals surface area contributed by atoms with Crippen LogP contribution in [0, 0.1) is 5.82 Å². The Morgan fingerprint density at radius 2 is 2.17 bits per heavy atom. The van der Waals surface area contributed by atoms with Crippen molar-refractivity contribution >= 4 is 21.4 Å². The zero-order valence-electron chi connectivity index (χ0n) is 10.9. The van der Waals surface area contributed by atoms with Gasteiger partial charge < -0.3 is 10.6 Å². The molecule has 0 radical (unpaired) electrons. The molecule has 4 heteroatoms. The predicted octanol–water partition coefficient (Wildman–Crippen LogP) is 3.34. The highest BCUT2D eigenvalue weighted by atomic mass is 32.1. The third-order valence-corrected chi connectivity index (χ3v) is 4.29. The van der Waals surface area contributed by atoms with Crippen LogP contribution in [0.4, 0.5) is 4.39 Å². The summed E-state index contributed by atoms with van der Waals surface area (Å²) in [6.45, 7) is 4.40. The third kappa shape index (κ3) is 2.55. The van der Waals surface area contributed by atoms with Gasteiger partial charge in [0.05, 0.1) is 0 Å². The first-order valence-electron chi connectivity index (χ1n) is 6.24. The van der Waals surface area contributed by atoms with Gasteiger partial charge in [0.1, 0.15) is 5.82 Å². The van der Waals surface area contributed by atoms with Crippen molar-refractivity contribution < 1.29 is 4.39 Å². The lowest BCUT2D eigenvalue weighted by Crippen LogP contribution is -2.19. The highest BCUT2D eigenvalue weighted by Gasteiger charge is 2.15. The number of nitrogens with two attached hydrogens (primary N) is 1. The average molecular weight is 266 g/mol. The first-order valence-corrected chi connectivity index (χ1v) is 7.06. The molecule has 98 valence electrons. The van der Waals surface area contributed by atoms with Gasteiger partial charge in [-0.15, -0.1) is 11.3 Å². The molecule has 0 spiro atoms. The van der Waals surface area contributed by atoms with Crippen LogP contribution in [0.2, 0.25) is 0 Å². The van der Waals surface area contributed by atoms with Crippen molar-refractivity contribution in [3.8, 4) is 0 Å². The van der Waals surface area contributed by atoms with Crippen LogP contribution < -0.4 is 5.73 Å². The van der Waals surface area contributed by atoms with Gasteiger partial charge in [0, 0.05) is 28.1 Å². The summed E-state index contributed by atoms with van der Waals surface area (Å²) < 4.78 is 15.0. The number of thiophene rings is 1. The van der Waals surface area contributed by atoms with Gasteiger partial charge in [-0.05, 0) is 37.7 Å². The second kappa shape index (κ2) is 5.78. The van der Waals surface area contributed by atoms with Crippen LogP contribution in [-0.2, 0) is 13.1 Å². The summed E-state index contributed by atoms with van der Waals surface area (Å²) in [4.78, 5) is 3.31. The first-order chi connectivity index (χ1) is 8.67. The summed E-state index contributed by atoms with van der Waals surface area (Å²) in [5.74, 6) is -0.136. The molecule has 1 heterocycles. The topological polar surface area (TPSA) is 29.3 Å². The Kier molecular flexibility index (Phi) is 4.32. The monoisotopic (exact) mass is 266 g/mol. The third-order valence-electron chi connectivity index (χ3n) is 3.07. The molecule has 2 aromatic rings. The summed E-state index contributed by atoms with van der Waals surface area (Å²) in [5.41, 5.74) is 6.85. The minimum absolute atomic E-state index is 0.136. The molecular weight excluding hydrogens is 247 g/mol. The predicted molar refractivity (Wildman–Crippen MR) is 76.3 cm³/mol. The highest BCUT2D eigenvalue weighted by molar-refractivity contribution is 7.19. The van der Waals surface area contributed by atoms with Crippen molar-refractivity contribution in [3.63, 3.8) is 0 Å². The molecule has 0 saturated carbocycles. The number of hydrogen-bond acceptors (Lipinski definition) is 3. The van der Waals surface area contributed by atoms with E-state index in [0.29, 0.717) is 6.54 Å². The van der Waals surface area contributed by atoms with E-state index in [0.717, 1.165) is 40.0 Å². The highest BCUT2D eigenvalue weighted by Crippen LogP contribution is 2.33. The van der Waals surface area contributed by atoms with Crippen molar-refractivity contribution in [1.29, 1.82) is 0 Å². The van der Waals surface area contributed by atoms with Gasteiger partial charge in [-0.1, -0.05) is 13.0 Å². The van der Waals surface area contributed by atoms with Crippen LogP contribution in [0.25, 0.3) is 10.1 Å². The molecule has 0 aliphatic carbocycles. The number of benzene rings is 1. The fourth-order valence-corrected chi connectivity index (χ4v) is 3.39. The normalized spacial score (nSPS) is 11.6. The van der Waals surface area contributed by atoms with Gasteiger partial charge in [0.2, 0.25) is 0 Å². The summed E-state index contributed by atoms with van der Waals surface area (Å²) in [6, 6.07) is 5.25. The number of halogens is 1. The molecule has 0 saturated heterocycles. The van der Waals surface area contributed by atoms with E-state index in [4.69, 9.17) is 5.73 Å². The fourth-order valence-electron chi connectivity index (χ4n) is 2.28. The van der Waals surface area contributed by atoms with Gasteiger partial charge in [0.25, 0.3) is 0 Å². The molecule has 2 nitrogen and oxygen atoms in total. The molecule has 0 atom stereocenters. The summed E-state index contributed by atoms with van der Waals surface area (Å²) in [6.07, 6.45) is 1.10. The van der Waals surface area contributed by atoms with Gasteiger partial charge in [-0.25, -0.2) is 4.39 Å². The lowest BCUT2D eigenvalue weighted by molar-refractivity contribution is 0.328. The first kappa shape index (κ1) is 13.5. The molecule has 0 aliphatic heterocycles. The standard InChI is InChI=1S/C14H19FN2S/c1-3-7-17(2)9-10-13(8-16)18-12-6-4-5-11(15)14(10)12/h4-6H,3,7-9,16H2,1-2H3. The van der Waals surface area contributed by atoms with E-state index in [1.807, 2.05) is 6.07 Å². The van der Waals surface area contributed by atoms with Crippen molar-refractivity contribution in [1.82, 2.24) is 4.90 Å². The van der Waals surface area contributed by atoms with Gasteiger partial charge in [0.15, 0.2) is 0 Å². The maximum atomic E-state index is 14.0. The van der Waals surface area contributed by atoms with E-state index in [1.165, 1.54) is 6.07 Å². The lowest BCUT2D eigenvalue weighted by atomic mass is 10.1. The lowest BCUT2D eigenvalue weighted by Gasteiger charge is -2.16. The fraction of sp³-hybridized carbons (Fsp3) is 0.429. The van der Waals surface area contributed by atoms with E-state index in [9.17, 15) is 4.39 Å². The molecule has 1 aromatic carbocycles. The quantitative estimate of drug-likeness (QED) is 0.899. The van der Waals surface area contributed by atoms with Gasteiger partial charge in [-0.3, -0.25) is 0 Å². The van der Waals surface area contributed by atoms with Crippen LogP contribution in [0.3, 0.4) is 0 Å². The van der Waals surface area contributed by atoms with Crippen LogP contribution in [0.15, 0.2) is 18.2 Å². The van der Waals surface area contributed by atoms with Crippen molar-refractivity contribution in [3.05, 3.63) is 34.5 Å². The van der Waals surface area contributed by atoms with Crippen LogP contribution in [0.5, 0.6) is 0 Å². The second-order valence-corrected chi connectivity index (χ2v) is 5.70. The van der Waals surface area contributed by atoms with E-state index >= 15 is 0 Å². The SMILES string of the molecule is CCCN(C)Cc1c(CN)sc2cccc(F)c12. The number of rotatable bonds is 5. The number of nitrogens with zero attached hydrogens (tertiary/aromatic N) is 1.